The Morgan fingerprint density at radius 3 is 2.79 bits per heavy atom. The molecule has 0 amide bonds. The Kier molecular flexibility index (Phi) is 3.11. The van der Waals surface area contributed by atoms with E-state index in [4.69, 9.17) is 5.11 Å². The third-order valence-electron chi connectivity index (χ3n) is 1.83. The lowest BCUT2D eigenvalue weighted by molar-refractivity contribution is -0.134. The zero-order chi connectivity index (χ0) is 10.7. The molecule has 1 aromatic rings. The number of nitrogens with zero attached hydrogens (tertiary/aromatic N) is 2. The van der Waals surface area contributed by atoms with Crippen molar-refractivity contribution in [2.45, 2.75) is 26.8 Å². The fraction of sp³-hybridized carbons (Fsp3) is 0.556. The van der Waals surface area contributed by atoms with E-state index in [0.717, 1.165) is 5.69 Å². The van der Waals surface area contributed by atoms with Crippen LogP contribution in [-0.4, -0.2) is 27.4 Å². The summed E-state index contributed by atoms with van der Waals surface area (Å²) in [4.78, 5) is 10.3. The molecule has 0 aliphatic rings. The van der Waals surface area contributed by atoms with E-state index in [0.29, 0.717) is 5.82 Å². The van der Waals surface area contributed by atoms with Gasteiger partial charge in [-0.25, -0.2) is 0 Å². The summed E-state index contributed by atoms with van der Waals surface area (Å²) in [5, 5.41) is 15.4. The van der Waals surface area contributed by atoms with Crippen molar-refractivity contribution in [3.8, 4) is 0 Å². The SMILES string of the molecule is Cc1cc(NCC(=O)O)nn1C(C)C. The van der Waals surface area contributed by atoms with Gasteiger partial charge in [0.1, 0.15) is 12.4 Å². The molecule has 0 saturated carbocycles. The van der Waals surface area contributed by atoms with Crippen LogP contribution in [-0.2, 0) is 4.79 Å². The molecule has 0 fully saturated rings. The molecule has 0 atom stereocenters. The third kappa shape index (κ3) is 2.48. The van der Waals surface area contributed by atoms with E-state index in [9.17, 15) is 4.79 Å². The van der Waals surface area contributed by atoms with Gasteiger partial charge in [-0.05, 0) is 20.8 Å². The first kappa shape index (κ1) is 10.6. The zero-order valence-corrected chi connectivity index (χ0v) is 8.61. The number of aromatic nitrogens is 2. The number of rotatable bonds is 4. The monoisotopic (exact) mass is 197 g/mol. The molecule has 14 heavy (non-hydrogen) atoms. The number of carboxylic acid groups (broad SMARTS) is 1. The van der Waals surface area contributed by atoms with E-state index in [1.54, 1.807) is 0 Å². The second kappa shape index (κ2) is 4.13. The van der Waals surface area contributed by atoms with Crippen LogP contribution in [0.25, 0.3) is 0 Å². The van der Waals surface area contributed by atoms with E-state index < -0.39 is 5.97 Å². The normalized spacial score (nSPS) is 10.6. The number of hydrogen-bond acceptors (Lipinski definition) is 3. The molecule has 0 unspecified atom stereocenters. The predicted octanol–water partition coefficient (Wildman–Crippen LogP) is 1.27. The number of aryl methyl sites for hydroxylation is 1. The van der Waals surface area contributed by atoms with Crippen LogP contribution in [0.3, 0.4) is 0 Å². The van der Waals surface area contributed by atoms with Gasteiger partial charge in [0.2, 0.25) is 0 Å². The fourth-order valence-corrected chi connectivity index (χ4v) is 1.26. The number of carbonyl (C=O) groups is 1. The molecular formula is C9H15N3O2. The molecule has 0 aliphatic heterocycles. The molecule has 0 aliphatic carbocycles. The number of aliphatic carboxylic acids is 1. The first-order valence-electron chi connectivity index (χ1n) is 4.52. The second-order valence-corrected chi connectivity index (χ2v) is 3.46. The number of nitrogens with one attached hydrogen (secondary N) is 1. The minimum absolute atomic E-state index is 0.103. The Morgan fingerprint density at radius 2 is 2.36 bits per heavy atom. The molecular weight excluding hydrogens is 182 g/mol. The van der Waals surface area contributed by atoms with Crippen LogP contribution in [0.15, 0.2) is 6.07 Å². The predicted molar refractivity (Wildman–Crippen MR) is 53.5 cm³/mol. The molecule has 5 nitrogen and oxygen atoms in total. The Morgan fingerprint density at radius 1 is 1.71 bits per heavy atom. The highest BCUT2D eigenvalue weighted by Crippen LogP contribution is 2.13. The smallest absolute Gasteiger partial charge is 0.322 e. The average Bonchev–Trinajstić information content (AvgIpc) is 2.43. The molecule has 2 N–H and O–H groups in total. The maximum atomic E-state index is 10.3. The van der Waals surface area contributed by atoms with Crippen LogP contribution in [0.4, 0.5) is 5.82 Å². The standard InChI is InChI=1S/C9H15N3O2/c1-6(2)12-7(3)4-8(11-12)10-5-9(13)14/h4,6H,5H2,1-3H3,(H,10,11)(H,13,14). The summed E-state index contributed by atoms with van der Waals surface area (Å²) in [7, 11) is 0. The average molecular weight is 197 g/mol. The number of anilines is 1. The molecule has 0 saturated heterocycles. The first-order chi connectivity index (χ1) is 6.50. The summed E-state index contributed by atoms with van der Waals surface area (Å²) >= 11 is 0. The summed E-state index contributed by atoms with van der Waals surface area (Å²) in [6.07, 6.45) is 0. The zero-order valence-electron chi connectivity index (χ0n) is 8.61. The molecule has 78 valence electrons. The van der Waals surface area contributed by atoms with Crippen molar-refractivity contribution in [3.05, 3.63) is 11.8 Å². The van der Waals surface area contributed by atoms with E-state index in [-0.39, 0.29) is 12.6 Å². The lowest BCUT2D eigenvalue weighted by Gasteiger charge is -2.06. The summed E-state index contributed by atoms with van der Waals surface area (Å²) in [5.41, 5.74) is 1.02. The second-order valence-electron chi connectivity index (χ2n) is 3.46. The van der Waals surface area contributed by atoms with Crippen molar-refractivity contribution < 1.29 is 9.90 Å². The summed E-state index contributed by atoms with van der Waals surface area (Å²) < 4.78 is 1.85. The molecule has 0 radical (unpaired) electrons. The van der Waals surface area contributed by atoms with Gasteiger partial charge in [0, 0.05) is 17.8 Å². The van der Waals surface area contributed by atoms with Gasteiger partial charge in [-0.3, -0.25) is 9.48 Å². The maximum Gasteiger partial charge on any atom is 0.322 e. The van der Waals surface area contributed by atoms with Gasteiger partial charge in [-0.15, -0.1) is 0 Å². The van der Waals surface area contributed by atoms with Crippen LogP contribution in [0.5, 0.6) is 0 Å². The van der Waals surface area contributed by atoms with Gasteiger partial charge in [-0.1, -0.05) is 0 Å². The highest BCUT2D eigenvalue weighted by Gasteiger charge is 2.07. The topological polar surface area (TPSA) is 67.2 Å². The van der Waals surface area contributed by atoms with E-state index in [1.807, 2.05) is 31.5 Å². The summed E-state index contributed by atoms with van der Waals surface area (Å²) in [6.45, 7) is 5.90. The molecule has 1 rings (SSSR count). The van der Waals surface area contributed by atoms with Crippen LogP contribution in [0.1, 0.15) is 25.6 Å². The number of carboxylic acids is 1. The number of hydrogen-bond donors (Lipinski definition) is 2. The Hall–Kier alpha value is -1.52. The van der Waals surface area contributed by atoms with Crippen molar-refractivity contribution in [2.75, 3.05) is 11.9 Å². The van der Waals surface area contributed by atoms with Crippen LogP contribution >= 0.6 is 0 Å². The molecule has 1 heterocycles. The quantitative estimate of drug-likeness (QED) is 0.762. The van der Waals surface area contributed by atoms with Crippen LogP contribution < -0.4 is 5.32 Å². The van der Waals surface area contributed by atoms with Gasteiger partial charge in [0.05, 0.1) is 0 Å². The summed E-state index contributed by atoms with van der Waals surface area (Å²) in [5.74, 6) is -0.277. The lowest BCUT2D eigenvalue weighted by Crippen LogP contribution is -2.13. The van der Waals surface area contributed by atoms with Gasteiger partial charge in [0.15, 0.2) is 0 Å². The summed E-state index contributed by atoms with van der Waals surface area (Å²) in [6, 6.07) is 2.12. The van der Waals surface area contributed by atoms with Crippen LogP contribution in [0, 0.1) is 6.92 Å². The van der Waals surface area contributed by atoms with E-state index in [2.05, 4.69) is 10.4 Å². The first-order valence-corrected chi connectivity index (χ1v) is 4.52. The van der Waals surface area contributed by atoms with E-state index >= 15 is 0 Å². The van der Waals surface area contributed by atoms with Gasteiger partial charge in [-0.2, -0.15) is 5.10 Å². The minimum atomic E-state index is -0.887. The van der Waals surface area contributed by atoms with Crippen molar-refractivity contribution in [3.63, 3.8) is 0 Å². The van der Waals surface area contributed by atoms with Crippen molar-refractivity contribution in [1.82, 2.24) is 9.78 Å². The molecule has 1 aromatic heterocycles. The third-order valence-corrected chi connectivity index (χ3v) is 1.83. The van der Waals surface area contributed by atoms with Gasteiger partial charge < -0.3 is 10.4 Å². The van der Waals surface area contributed by atoms with E-state index in [1.165, 1.54) is 0 Å². The van der Waals surface area contributed by atoms with Gasteiger partial charge in [0.25, 0.3) is 0 Å². The molecule has 0 aromatic carbocycles. The Labute approximate surface area is 82.7 Å². The Balaban J connectivity index is 2.71. The minimum Gasteiger partial charge on any atom is -0.480 e. The van der Waals surface area contributed by atoms with Crippen LogP contribution in [0.2, 0.25) is 0 Å². The molecule has 0 spiro atoms. The molecule has 0 bridgehead atoms. The highest BCUT2D eigenvalue weighted by molar-refractivity contribution is 5.72. The highest BCUT2D eigenvalue weighted by atomic mass is 16.4. The Bertz CT molecular complexity index is 331. The lowest BCUT2D eigenvalue weighted by atomic mass is 10.4. The van der Waals surface area contributed by atoms with Gasteiger partial charge >= 0.3 is 5.97 Å². The van der Waals surface area contributed by atoms with Crippen molar-refractivity contribution in [1.29, 1.82) is 0 Å². The largest absolute Gasteiger partial charge is 0.480 e. The molecule has 5 heteroatoms. The van der Waals surface area contributed by atoms with Crippen molar-refractivity contribution >= 4 is 11.8 Å². The van der Waals surface area contributed by atoms with Crippen molar-refractivity contribution in [2.24, 2.45) is 0 Å². The fourth-order valence-electron chi connectivity index (χ4n) is 1.26. The maximum absolute atomic E-state index is 10.3.